The molecule has 3 amide bonds. The smallest absolute Gasteiger partial charge is 0.311 e. The molecule has 1 saturated heterocycles. The average Bonchev–Trinajstić information content (AvgIpc) is 3.27. The molecule has 1 heterocycles. The van der Waals surface area contributed by atoms with Gasteiger partial charge in [0.15, 0.2) is 6.61 Å². The molecule has 0 radical (unpaired) electrons. The zero-order valence-corrected chi connectivity index (χ0v) is 22.7. The summed E-state index contributed by atoms with van der Waals surface area (Å²) < 4.78 is 6.14. The fourth-order valence-electron chi connectivity index (χ4n) is 4.43. The number of esters is 1. The van der Waals surface area contributed by atoms with Crippen LogP contribution in [0.1, 0.15) is 34.6 Å². The first-order valence-electron chi connectivity index (χ1n) is 12.2. The van der Waals surface area contributed by atoms with Gasteiger partial charge in [-0.05, 0) is 48.2 Å². The molecule has 1 aliphatic heterocycles. The van der Waals surface area contributed by atoms with E-state index in [1.807, 2.05) is 86.6 Å². The van der Waals surface area contributed by atoms with Gasteiger partial charge < -0.3 is 10.1 Å². The quantitative estimate of drug-likeness (QED) is 0.389. The molecule has 3 aromatic rings. The third kappa shape index (κ3) is 6.47. The van der Waals surface area contributed by atoms with Crippen molar-refractivity contribution in [2.45, 2.75) is 26.2 Å². The number of carbonyl (C=O) groups excluding carboxylic acids is 4. The van der Waals surface area contributed by atoms with Gasteiger partial charge >= 0.3 is 5.97 Å². The molecular formula is C29H28BrN3O5. The van der Waals surface area contributed by atoms with Gasteiger partial charge in [0.05, 0.1) is 18.4 Å². The SMILES string of the molecule is Cc1cc(NC(=O)COC(=O)[C@@H]2CC(=O)N(NC(=O)C(c3ccccc3)c3ccccc3)C2)cc(C)c1Br. The number of ether oxygens (including phenoxy) is 1. The van der Waals surface area contributed by atoms with E-state index in [0.29, 0.717) is 5.69 Å². The van der Waals surface area contributed by atoms with Crippen LogP contribution in [0, 0.1) is 19.8 Å². The largest absolute Gasteiger partial charge is 0.455 e. The van der Waals surface area contributed by atoms with Crippen molar-refractivity contribution in [1.82, 2.24) is 10.4 Å². The Morgan fingerprint density at radius 2 is 1.53 bits per heavy atom. The molecule has 0 spiro atoms. The van der Waals surface area contributed by atoms with Gasteiger partial charge in [0.25, 0.3) is 11.8 Å². The molecule has 1 atom stereocenters. The van der Waals surface area contributed by atoms with E-state index in [1.54, 1.807) is 0 Å². The number of hydrogen-bond acceptors (Lipinski definition) is 5. The lowest BCUT2D eigenvalue weighted by Gasteiger charge is -2.23. The van der Waals surface area contributed by atoms with E-state index in [-0.39, 0.29) is 18.9 Å². The van der Waals surface area contributed by atoms with Crippen LogP contribution in [0.4, 0.5) is 5.69 Å². The van der Waals surface area contributed by atoms with Crippen molar-refractivity contribution in [2.24, 2.45) is 5.92 Å². The van der Waals surface area contributed by atoms with Crippen LogP contribution in [0.25, 0.3) is 0 Å². The second-order valence-corrected chi connectivity index (χ2v) is 10.0. The molecule has 1 fully saturated rings. The fourth-order valence-corrected chi connectivity index (χ4v) is 4.66. The fraction of sp³-hybridized carbons (Fsp3) is 0.241. The normalized spacial score (nSPS) is 14.9. The van der Waals surface area contributed by atoms with Gasteiger partial charge in [-0.25, -0.2) is 0 Å². The number of rotatable bonds is 8. The number of aryl methyl sites for hydroxylation is 2. The molecule has 4 rings (SSSR count). The first kappa shape index (κ1) is 27.1. The summed E-state index contributed by atoms with van der Waals surface area (Å²) in [4.78, 5) is 50.8. The average molecular weight is 578 g/mol. The zero-order valence-electron chi connectivity index (χ0n) is 21.1. The van der Waals surface area contributed by atoms with Crippen LogP contribution >= 0.6 is 15.9 Å². The van der Waals surface area contributed by atoms with Gasteiger partial charge in [0, 0.05) is 16.6 Å². The number of hydrogen-bond donors (Lipinski definition) is 2. The van der Waals surface area contributed by atoms with Crippen LogP contribution in [0.3, 0.4) is 0 Å². The number of nitrogens with one attached hydrogen (secondary N) is 2. The molecule has 196 valence electrons. The Morgan fingerprint density at radius 1 is 0.974 bits per heavy atom. The Hall–Kier alpha value is -3.98. The third-order valence-corrected chi connectivity index (χ3v) is 7.55. The predicted molar refractivity (Wildman–Crippen MR) is 146 cm³/mol. The molecule has 0 aromatic heterocycles. The van der Waals surface area contributed by atoms with Gasteiger partial charge in [0.2, 0.25) is 5.91 Å². The summed E-state index contributed by atoms with van der Waals surface area (Å²) in [6.07, 6.45) is -0.118. The summed E-state index contributed by atoms with van der Waals surface area (Å²) in [5.74, 6) is -3.36. The van der Waals surface area contributed by atoms with E-state index in [4.69, 9.17) is 4.74 Å². The van der Waals surface area contributed by atoms with Crippen molar-refractivity contribution in [3.05, 3.63) is 99.5 Å². The van der Waals surface area contributed by atoms with Crippen molar-refractivity contribution < 1.29 is 23.9 Å². The maximum Gasteiger partial charge on any atom is 0.311 e. The minimum absolute atomic E-state index is 0.0353. The first-order chi connectivity index (χ1) is 18.2. The molecule has 3 aromatic carbocycles. The van der Waals surface area contributed by atoms with Crippen molar-refractivity contribution in [3.8, 4) is 0 Å². The summed E-state index contributed by atoms with van der Waals surface area (Å²) in [7, 11) is 0. The highest BCUT2D eigenvalue weighted by molar-refractivity contribution is 9.10. The Labute approximate surface area is 229 Å². The maximum absolute atomic E-state index is 13.3. The van der Waals surface area contributed by atoms with Gasteiger partial charge in [0.1, 0.15) is 0 Å². The molecule has 8 nitrogen and oxygen atoms in total. The summed E-state index contributed by atoms with van der Waals surface area (Å²) in [5, 5.41) is 3.87. The maximum atomic E-state index is 13.3. The number of hydrazine groups is 1. The number of nitrogens with zero attached hydrogens (tertiary/aromatic N) is 1. The molecule has 0 unspecified atom stereocenters. The van der Waals surface area contributed by atoms with E-state index in [2.05, 4.69) is 26.7 Å². The highest BCUT2D eigenvalue weighted by Gasteiger charge is 2.37. The van der Waals surface area contributed by atoms with Crippen LogP contribution in [0.2, 0.25) is 0 Å². The predicted octanol–water partition coefficient (Wildman–Crippen LogP) is 4.26. The van der Waals surface area contributed by atoms with E-state index < -0.39 is 36.2 Å². The lowest BCUT2D eigenvalue weighted by atomic mass is 9.91. The molecule has 2 N–H and O–H groups in total. The Balaban J connectivity index is 1.34. The highest BCUT2D eigenvalue weighted by Crippen LogP contribution is 2.27. The molecule has 0 aliphatic carbocycles. The van der Waals surface area contributed by atoms with Crippen molar-refractivity contribution in [3.63, 3.8) is 0 Å². The minimum Gasteiger partial charge on any atom is -0.455 e. The summed E-state index contributed by atoms with van der Waals surface area (Å²) >= 11 is 3.48. The molecular weight excluding hydrogens is 550 g/mol. The zero-order chi connectivity index (χ0) is 27.2. The van der Waals surface area contributed by atoms with Crippen LogP contribution in [-0.2, 0) is 23.9 Å². The minimum atomic E-state index is -0.792. The molecule has 0 saturated carbocycles. The topological polar surface area (TPSA) is 105 Å². The summed E-state index contributed by atoms with van der Waals surface area (Å²) in [6.45, 7) is 3.31. The van der Waals surface area contributed by atoms with E-state index in [0.717, 1.165) is 31.7 Å². The summed E-state index contributed by atoms with van der Waals surface area (Å²) in [6, 6.07) is 22.2. The molecule has 38 heavy (non-hydrogen) atoms. The number of benzene rings is 3. The third-order valence-electron chi connectivity index (χ3n) is 6.30. The first-order valence-corrected chi connectivity index (χ1v) is 13.0. The highest BCUT2D eigenvalue weighted by atomic mass is 79.9. The van der Waals surface area contributed by atoms with E-state index in [9.17, 15) is 19.2 Å². The Kier molecular flexibility index (Phi) is 8.58. The van der Waals surface area contributed by atoms with E-state index in [1.165, 1.54) is 0 Å². The van der Waals surface area contributed by atoms with Gasteiger partial charge in [-0.1, -0.05) is 76.6 Å². The second kappa shape index (κ2) is 12.0. The van der Waals surface area contributed by atoms with Gasteiger partial charge in [-0.2, -0.15) is 0 Å². The van der Waals surface area contributed by atoms with Crippen molar-refractivity contribution in [2.75, 3.05) is 18.5 Å². The standard InChI is InChI=1S/C29H28BrN3O5/c1-18-13-23(14-19(2)27(18)30)31-24(34)17-38-29(37)22-15-25(35)33(16-22)32-28(36)26(20-9-5-3-6-10-20)21-11-7-4-8-12-21/h3-14,22,26H,15-17H2,1-2H3,(H,31,34)(H,32,36)/t22-/m1/s1. The van der Waals surface area contributed by atoms with Gasteiger partial charge in [-0.15, -0.1) is 0 Å². The monoisotopic (exact) mass is 577 g/mol. The lowest BCUT2D eigenvalue weighted by molar-refractivity contribution is -0.151. The molecule has 0 bridgehead atoms. The summed E-state index contributed by atoms with van der Waals surface area (Å²) in [5.41, 5.74) is 6.76. The van der Waals surface area contributed by atoms with Crippen LogP contribution in [-0.4, -0.2) is 41.9 Å². The molecule has 1 aliphatic rings. The van der Waals surface area contributed by atoms with E-state index >= 15 is 0 Å². The Bertz CT molecular complexity index is 1280. The number of anilines is 1. The second-order valence-electron chi connectivity index (χ2n) is 9.22. The number of amides is 3. The van der Waals surface area contributed by atoms with Crippen molar-refractivity contribution in [1.29, 1.82) is 0 Å². The lowest BCUT2D eigenvalue weighted by Crippen LogP contribution is -2.45. The van der Waals surface area contributed by atoms with Gasteiger partial charge in [-0.3, -0.25) is 29.6 Å². The number of halogens is 1. The molecule has 9 heteroatoms. The van der Waals surface area contributed by atoms with Crippen molar-refractivity contribution >= 4 is 45.3 Å². The van der Waals surface area contributed by atoms with Crippen LogP contribution in [0.5, 0.6) is 0 Å². The number of carbonyl (C=O) groups is 4. The Morgan fingerprint density at radius 3 is 2.08 bits per heavy atom. The van der Waals surface area contributed by atoms with Crippen LogP contribution in [0.15, 0.2) is 77.3 Å². The van der Waals surface area contributed by atoms with Crippen LogP contribution < -0.4 is 10.7 Å².